The van der Waals surface area contributed by atoms with Crippen LogP contribution in [0.1, 0.15) is 27.0 Å². The van der Waals surface area contributed by atoms with Gasteiger partial charge >= 0.3 is 6.18 Å². The molecule has 25 heavy (non-hydrogen) atoms. The van der Waals surface area contributed by atoms with Crippen LogP contribution < -0.4 is 10.6 Å². The molecule has 0 aliphatic heterocycles. The molecule has 3 N–H and O–H groups in total. The van der Waals surface area contributed by atoms with Crippen LogP contribution in [0, 0.1) is 13.8 Å². The number of amides is 1. The molecule has 0 atom stereocenters. The number of phenolic OH excluding ortho intramolecular Hbond substituents is 1. The Bertz CT molecular complexity index is 815. The molecule has 0 saturated heterocycles. The standard InChI is InChI=1S/C17H15F3N2O2S/c1-9-5-10(2)7-11(6-9)15(24)22-16(25)21-13-8-12(17(18,19)20)3-4-14(13)23/h3-8,23H,1-2H3,(H2,21,22,24,25). The van der Waals surface area contributed by atoms with Crippen LogP contribution in [0.4, 0.5) is 18.9 Å². The predicted octanol–water partition coefficient (Wildman–Crippen LogP) is 4.15. The number of carbonyl (C=O) groups is 1. The van der Waals surface area contributed by atoms with E-state index in [9.17, 15) is 23.1 Å². The number of nitrogens with one attached hydrogen (secondary N) is 2. The van der Waals surface area contributed by atoms with E-state index in [0.29, 0.717) is 11.6 Å². The molecular formula is C17H15F3N2O2S. The lowest BCUT2D eigenvalue weighted by Gasteiger charge is -2.14. The van der Waals surface area contributed by atoms with E-state index in [1.165, 1.54) is 0 Å². The van der Waals surface area contributed by atoms with E-state index in [4.69, 9.17) is 12.2 Å². The van der Waals surface area contributed by atoms with Gasteiger partial charge < -0.3 is 10.4 Å². The molecule has 0 fully saturated rings. The number of carbonyl (C=O) groups excluding carboxylic acids is 1. The van der Waals surface area contributed by atoms with E-state index >= 15 is 0 Å². The van der Waals surface area contributed by atoms with Crippen molar-refractivity contribution < 1.29 is 23.1 Å². The molecule has 1 amide bonds. The number of alkyl halides is 3. The first kappa shape index (κ1) is 18.7. The van der Waals surface area contributed by atoms with Crippen molar-refractivity contribution in [3.63, 3.8) is 0 Å². The van der Waals surface area contributed by atoms with E-state index < -0.39 is 23.4 Å². The molecule has 0 bridgehead atoms. The molecule has 0 saturated carbocycles. The van der Waals surface area contributed by atoms with Crippen LogP contribution in [0.5, 0.6) is 5.75 Å². The maximum Gasteiger partial charge on any atom is 0.416 e. The SMILES string of the molecule is Cc1cc(C)cc(C(=O)NC(=S)Nc2cc(C(F)(F)F)ccc2O)c1. The van der Waals surface area contributed by atoms with Gasteiger partial charge in [-0.3, -0.25) is 10.1 Å². The number of anilines is 1. The Morgan fingerprint density at radius 2 is 1.68 bits per heavy atom. The number of hydrogen-bond donors (Lipinski definition) is 3. The Kier molecular flexibility index (Phi) is 5.32. The fourth-order valence-corrected chi connectivity index (χ4v) is 2.45. The Balaban J connectivity index is 2.13. The molecule has 132 valence electrons. The van der Waals surface area contributed by atoms with Gasteiger partial charge in [-0.1, -0.05) is 17.2 Å². The van der Waals surface area contributed by atoms with Gasteiger partial charge in [-0.25, -0.2) is 0 Å². The third kappa shape index (κ3) is 4.93. The van der Waals surface area contributed by atoms with Crippen molar-refractivity contribution in [2.75, 3.05) is 5.32 Å². The number of thiocarbonyl (C=S) groups is 1. The van der Waals surface area contributed by atoms with E-state index in [0.717, 1.165) is 23.3 Å². The van der Waals surface area contributed by atoms with E-state index in [-0.39, 0.29) is 10.8 Å². The van der Waals surface area contributed by atoms with Gasteiger partial charge in [-0.2, -0.15) is 13.2 Å². The molecule has 2 aromatic rings. The normalized spacial score (nSPS) is 11.1. The Labute approximate surface area is 147 Å². The minimum atomic E-state index is -4.56. The highest BCUT2D eigenvalue weighted by Crippen LogP contribution is 2.34. The Hall–Kier alpha value is -2.61. The summed E-state index contributed by atoms with van der Waals surface area (Å²) in [4.78, 5) is 12.2. The molecule has 0 heterocycles. The van der Waals surface area contributed by atoms with Gasteiger partial charge in [0, 0.05) is 5.56 Å². The van der Waals surface area contributed by atoms with E-state index in [1.54, 1.807) is 12.1 Å². The zero-order chi connectivity index (χ0) is 18.8. The number of benzene rings is 2. The van der Waals surface area contributed by atoms with Crippen molar-refractivity contribution in [3.05, 3.63) is 58.7 Å². The van der Waals surface area contributed by atoms with Crippen LogP contribution in [-0.4, -0.2) is 16.1 Å². The van der Waals surface area contributed by atoms with Crippen LogP contribution in [0.15, 0.2) is 36.4 Å². The van der Waals surface area contributed by atoms with Crippen LogP contribution in [-0.2, 0) is 6.18 Å². The fourth-order valence-electron chi connectivity index (χ4n) is 2.25. The number of phenols is 1. The van der Waals surface area contributed by atoms with Gasteiger partial charge in [-0.15, -0.1) is 0 Å². The molecule has 8 heteroatoms. The van der Waals surface area contributed by atoms with Gasteiger partial charge in [0.1, 0.15) is 5.75 Å². The minimum absolute atomic E-state index is 0.223. The number of hydrogen-bond acceptors (Lipinski definition) is 3. The average Bonchev–Trinajstić information content (AvgIpc) is 2.47. The molecule has 2 rings (SSSR count). The van der Waals surface area contributed by atoms with Gasteiger partial charge in [0.25, 0.3) is 5.91 Å². The second-order valence-corrected chi connectivity index (χ2v) is 5.92. The second kappa shape index (κ2) is 7.10. The summed E-state index contributed by atoms with van der Waals surface area (Å²) in [5.74, 6) is -0.924. The topological polar surface area (TPSA) is 61.4 Å². The predicted molar refractivity (Wildman–Crippen MR) is 92.7 cm³/mol. The summed E-state index contributed by atoms with van der Waals surface area (Å²) in [6.45, 7) is 3.67. The van der Waals surface area contributed by atoms with Crippen molar-refractivity contribution in [1.82, 2.24) is 5.32 Å². The van der Waals surface area contributed by atoms with Gasteiger partial charge in [0.15, 0.2) is 5.11 Å². The third-order valence-electron chi connectivity index (χ3n) is 3.28. The zero-order valence-electron chi connectivity index (χ0n) is 13.4. The lowest BCUT2D eigenvalue weighted by molar-refractivity contribution is -0.137. The molecule has 0 spiro atoms. The van der Waals surface area contributed by atoms with Crippen LogP contribution in [0.2, 0.25) is 0 Å². The average molecular weight is 368 g/mol. The van der Waals surface area contributed by atoms with Crippen LogP contribution in [0.25, 0.3) is 0 Å². The summed E-state index contributed by atoms with van der Waals surface area (Å²) >= 11 is 4.94. The monoisotopic (exact) mass is 368 g/mol. The molecular weight excluding hydrogens is 353 g/mol. The summed E-state index contributed by atoms with van der Waals surface area (Å²) in [7, 11) is 0. The van der Waals surface area contributed by atoms with Crippen LogP contribution in [0.3, 0.4) is 0 Å². The summed E-state index contributed by atoms with van der Waals surface area (Å²) in [6, 6.07) is 7.58. The maximum absolute atomic E-state index is 12.7. The fraction of sp³-hybridized carbons (Fsp3) is 0.176. The van der Waals surface area contributed by atoms with Gasteiger partial charge in [0.05, 0.1) is 11.3 Å². The smallest absolute Gasteiger partial charge is 0.416 e. The number of rotatable bonds is 2. The third-order valence-corrected chi connectivity index (χ3v) is 3.49. The first-order chi connectivity index (χ1) is 11.6. The molecule has 4 nitrogen and oxygen atoms in total. The lowest BCUT2D eigenvalue weighted by atomic mass is 10.1. The van der Waals surface area contributed by atoms with Crippen molar-refractivity contribution in [1.29, 1.82) is 0 Å². The number of halogens is 3. The summed E-state index contributed by atoms with van der Waals surface area (Å²) in [5.41, 5.74) is 0.950. The first-order valence-electron chi connectivity index (χ1n) is 7.17. The van der Waals surface area contributed by atoms with Crippen molar-refractivity contribution in [2.45, 2.75) is 20.0 Å². The summed E-state index contributed by atoms with van der Waals surface area (Å²) in [6.07, 6.45) is -4.56. The van der Waals surface area contributed by atoms with Gasteiger partial charge in [0.2, 0.25) is 0 Å². The van der Waals surface area contributed by atoms with Crippen molar-refractivity contribution in [2.24, 2.45) is 0 Å². The second-order valence-electron chi connectivity index (χ2n) is 5.51. The molecule has 0 aliphatic carbocycles. The number of aromatic hydroxyl groups is 1. The molecule has 2 aromatic carbocycles. The molecule has 0 aromatic heterocycles. The largest absolute Gasteiger partial charge is 0.506 e. The van der Waals surface area contributed by atoms with Gasteiger partial charge in [-0.05, 0) is 56.4 Å². The molecule has 0 unspecified atom stereocenters. The highest BCUT2D eigenvalue weighted by molar-refractivity contribution is 7.80. The quantitative estimate of drug-likeness (QED) is 0.550. The zero-order valence-corrected chi connectivity index (χ0v) is 14.2. The molecule has 0 radical (unpaired) electrons. The first-order valence-corrected chi connectivity index (χ1v) is 7.58. The van der Waals surface area contributed by atoms with Crippen LogP contribution >= 0.6 is 12.2 Å². The Morgan fingerprint density at radius 3 is 2.24 bits per heavy atom. The minimum Gasteiger partial charge on any atom is -0.506 e. The summed E-state index contributed by atoms with van der Waals surface area (Å²) < 4.78 is 38.2. The van der Waals surface area contributed by atoms with E-state index in [1.807, 2.05) is 19.9 Å². The highest BCUT2D eigenvalue weighted by atomic mass is 32.1. The van der Waals surface area contributed by atoms with Crippen molar-refractivity contribution >= 4 is 28.9 Å². The summed E-state index contributed by atoms with van der Waals surface area (Å²) in [5, 5.41) is 14.2. The molecule has 0 aliphatic rings. The van der Waals surface area contributed by atoms with Crippen molar-refractivity contribution in [3.8, 4) is 5.75 Å². The number of aryl methyl sites for hydroxylation is 2. The van der Waals surface area contributed by atoms with E-state index in [2.05, 4.69) is 10.6 Å². The maximum atomic E-state index is 12.7. The lowest BCUT2D eigenvalue weighted by Crippen LogP contribution is -2.34. The highest BCUT2D eigenvalue weighted by Gasteiger charge is 2.31. The Morgan fingerprint density at radius 1 is 1.08 bits per heavy atom.